The van der Waals surface area contributed by atoms with Gasteiger partial charge in [-0.05, 0) is 31.6 Å². The summed E-state index contributed by atoms with van der Waals surface area (Å²) in [5, 5.41) is 15.0. The lowest BCUT2D eigenvalue weighted by Gasteiger charge is -2.21. The zero-order chi connectivity index (χ0) is 18.7. The Morgan fingerprint density at radius 2 is 2.12 bits per heavy atom. The van der Waals surface area contributed by atoms with Crippen LogP contribution in [-0.2, 0) is 4.74 Å². The largest absolute Gasteiger partial charge is 0.378 e. The van der Waals surface area contributed by atoms with Gasteiger partial charge in [-0.3, -0.25) is 0 Å². The van der Waals surface area contributed by atoms with Crippen LogP contribution in [0.15, 0.2) is 29.5 Å². The topological polar surface area (TPSA) is 71.2 Å². The van der Waals surface area contributed by atoms with Crippen LogP contribution in [0.3, 0.4) is 0 Å². The fourth-order valence-corrected chi connectivity index (χ4v) is 3.82. The first-order valence-corrected chi connectivity index (χ1v) is 9.18. The van der Waals surface area contributed by atoms with Gasteiger partial charge in [-0.25, -0.2) is 10.1 Å². The van der Waals surface area contributed by atoms with Gasteiger partial charge in [0.05, 0.1) is 12.7 Å². The molecule has 7 nitrogen and oxygen atoms in total. The van der Waals surface area contributed by atoms with E-state index in [1.54, 1.807) is 35.4 Å². The minimum absolute atomic E-state index is 0.233. The summed E-state index contributed by atoms with van der Waals surface area (Å²) < 4.78 is 5.59. The molecule has 0 amide bonds. The molecule has 0 aromatic heterocycles. The summed E-state index contributed by atoms with van der Waals surface area (Å²) in [5.41, 5.74) is 0.674. The van der Waals surface area contributed by atoms with Gasteiger partial charge in [-0.2, -0.15) is 0 Å². The van der Waals surface area contributed by atoms with Gasteiger partial charge in [-0.15, -0.1) is 0 Å². The minimum atomic E-state index is -0.662. The van der Waals surface area contributed by atoms with Gasteiger partial charge in [0.15, 0.2) is 5.03 Å². The number of rotatable bonds is 5. The molecular weight excluding hydrogens is 379 g/mol. The maximum Gasteiger partial charge on any atom is 0.278 e. The average molecular weight is 399 g/mol. The van der Waals surface area contributed by atoms with Gasteiger partial charge in [0.25, 0.3) is 5.96 Å². The lowest BCUT2D eigenvalue weighted by molar-refractivity contribution is -0.486. The van der Waals surface area contributed by atoms with Gasteiger partial charge in [-0.1, -0.05) is 29.3 Å². The fourth-order valence-electron chi connectivity index (χ4n) is 3.30. The molecule has 0 spiro atoms. The quantitative estimate of drug-likeness (QED) is 0.559. The van der Waals surface area contributed by atoms with Crippen molar-refractivity contribution in [3.05, 3.63) is 50.1 Å². The molecule has 0 saturated carbocycles. The second-order valence-corrected chi connectivity index (χ2v) is 7.29. The molecule has 2 fully saturated rings. The molecule has 140 valence electrons. The molecule has 1 aromatic carbocycles. The van der Waals surface area contributed by atoms with Crippen molar-refractivity contribution >= 4 is 35.2 Å². The van der Waals surface area contributed by atoms with E-state index in [1.165, 1.54) is 0 Å². The molecule has 0 N–H and O–H groups in total. The van der Waals surface area contributed by atoms with Gasteiger partial charge in [0.1, 0.15) is 5.10 Å². The highest BCUT2D eigenvalue weighted by atomic mass is 35.5. The van der Waals surface area contributed by atoms with Crippen molar-refractivity contribution in [1.82, 2.24) is 9.80 Å². The molecule has 2 aliphatic rings. The van der Waals surface area contributed by atoms with E-state index in [9.17, 15) is 10.1 Å². The van der Waals surface area contributed by atoms with Crippen LogP contribution >= 0.6 is 23.2 Å². The fraction of sp³-hybridized carbons (Fsp3) is 0.471. The monoisotopic (exact) mass is 398 g/mol. The smallest absolute Gasteiger partial charge is 0.278 e. The number of ether oxygens (including phenoxy) is 1. The minimum Gasteiger partial charge on any atom is -0.378 e. The molecule has 26 heavy (non-hydrogen) atoms. The van der Waals surface area contributed by atoms with Crippen LogP contribution in [0, 0.1) is 16.0 Å². The van der Waals surface area contributed by atoms with Crippen LogP contribution in [0.1, 0.15) is 18.9 Å². The van der Waals surface area contributed by atoms with Crippen molar-refractivity contribution in [3.8, 4) is 0 Å². The van der Waals surface area contributed by atoms with E-state index >= 15 is 0 Å². The van der Waals surface area contributed by atoms with Crippen LogP contribution in [-0.4, -0.2) is 53.1 Å². The lowest BCUT2D eigenvalue weighted by atomic mass is 10.1. The standard InChI is InChI=1S/C17H20Cl2N4O3/c1-12-9-13(11-26-12)10-22-8-7-21(17(22)20-23(24)25)6-5-14-15(18)3-2-4-16(14)19/h2-6,12-13H,7-11H2,1H3. The van der Waals surface area contributed by atoms with Crippen molar-refractivity contribution in [1.29, 1.82) is 0 Å². The van der Waals surface area contributed by atoms with Crippen molar-refractivity contribution in [3.63, 3.8) is 0 Å². The van der Waals surface area contributed by atoms with E-state index in [1.807, 2.05) is 11.8 Å². The molecule has 2 atom stereocenters. The number of guanidine groups is 1. The Balaban J connectivity index is 1.76. The molecular formula is C17H20Cl2N4O3. The molecule has 2 aliphatic heterocycles. The number of hydrogen-bond donors (Lipinski definition) is 0. The molecule has 2 unspecified atom stereocenters. The Labute approximate surface area is 162 Å². The predicted octanol–water partition coefficient (Wildman–Crippen LogP) is 3.55. The zero-order valence-electron chi connectivity index (χ0n) is 14.3. The van der Waals surface area contributed by atoms with Crippen molar-refractivity contribution < 1.29 is 9.77 Å². The van der Waals surface area contributed by atoms with E-state index in [2.05, 4.69) is 5.10 Å². The van der Waals surface area contributed by atoms with Crippen LogP contribution in [0.25, 0.3) is 6.08 Å². The number of hydrazone groups is 1. The highest BCUT2D eigenvalue weighted by Crippen LogP contribution is 2.26. The number of hydrogen-bond acceptors (Lipinski definition) is 3. The predicted molar refractivity (Wildman–Crippen MR) is 102 cm³/mol. The van der Waals surface area contributed by atoms with Gasteiger partial charge < -0.3 is 14.5 Å². The first kappa shape index (κ1) is 18.9. The summed E-state index contributed by atoms with van der Waals surface area (Å²) in [6.07, 6.45) is 4.68. The van der Waals surface area contributed by atoms with E-state index in [0.29, 0.717) is 53.7 Å². The molecule has 2 saturated heterocycles. The Morgan fingerprint density at radius 1 is 1.38 bits per heavy atom. The molecule has 0 aliphatic carbocycles. The summed E-state index contributed by atoms with van der Waals surface area (Å²) in [4.78, 5) is 14.7. The normalized spacial score (nSPS) is 25.0. The first-order chi connectivity index (χ1) is 12.4. The van der Waals surface area contributed by atoms with E-state index < -0.39 is 5.03 Å². The van der Waals surface area contributed by atoms with E-state index in [0.717, 1.165) is 6.42 Å². The van der Waals surface area contributed by atoms with Gasteiger partial charge in [0.2, 0.25) is 0 Å². The molecule has 2 heterocycles. The average Bonchev–Trinajstić information content (AvgIpc) is 3.14. The Morgan fingerprint density at radius 3 is 2.73 bits per heavy atom. The van der Waals surface area contributed by atoms with Crippen molar-refractivity contribution in [2.24, 2.45) is 11.0 Å². The van der Waals surface area contributed by atoms with Crippen LogP contribution in [0.4, 0.5) is 0 Å². The highest BCUT2D eigenvalue weighted by Gasteiger charge is 2.32. The van der Waals surface area contributed by atoms with Crippen molar-refractivity contribution in [2.45, 2.75) is 19.4 Å². The molecule has 3 rings (SSSR count). The molecule has 1 aromatic rings. The number of nitro groups is 1. The summed E-state index contributed by atoms with van der Waals surface area (Å²) in [5.74, 6) is 0.679. The molecule has 0 radical (unpaired) electrons. The maximum atomic E-state index is 11.0. The van der Waals surface area contributed by atoms with E-state index in [4.69, 9.17) is 27.9 Å². The summed E-state index contributed by atoms with van der Waals surface area (Å²) in [6.45, 7) is 4.67. The summed E-state index contributed by atoms with van der Waals surface area (Å²) >= 11 is 12.3. The number of benzene rings is 1. The second kappa shape index (κ2) is 8.24. The highest BCUT2D eigenvalue weighted by molar-refractivity contribution is 6.37. The van der Waals surface area contributed by atoms with Gasteiger partial charge in [0, 0.05) is 47.4 Å². The SMILES string of the molecule is CC1CC(CN2CCN(C=Cc3c(Cl)cccc3Cl)C2=N[N+](=O)[O-])CO1. The van der Waals surface area contributed by atoms with Crippen molar-refractivity contribution in [2.75, 3.05) is 26.2 Å². The molecule has 9 heteroatoms. The third-order valence-electron chi connectivity index (χ3n) is 4.50. The zero-order valence-corrected chi connectivity index (χ0v) is 15.9. The Hall–Kier alpha value is -1.83. The number of halogens is 2. The van der Waals surface area contributed by atoms with Crippen LogP contribution < -0.4 is 0 Å². The summed E-state index contributed by atoms with van der Waals surface area (Å²) in [7, 11) is 0. The third-order valence-corrected chi connectivity index (χ3v) is 5.16. The Bertz CT molecular complexity index is 720. The number of nitrogens with zero attached hydrogens (tertiary/aromatic N) is 4. The first-order valence-electron chi connectivity index (χ1n) is 8.42. The Kier molecular flexibility index (Phi) is 6.01. The van der Waals surface area contributed by atoms with Crippen LogP contribution in [0.5, 0.6) is 0 Å². The molecule has 0 bridgehead atoms. The lowest BCUT2D eigenvalue weighted by Crippen LogP contribution is -2.35. The van der Waals surface area contributed by atoms with Gasteiger partial charge >= 0.3 is 0 Å². The summed E-state index contributed by atoms with van der Waals surface area (Å²) in [6, 6.07) is 5.26. The van der Waals surface area contributed by atoms with E-state index in [-0.39, 0.29) is 6.10 Å². The third kappa shape index (κ3) is 4.47. The maximum absolute atomic E-state index is 11.0. The second-order valence-electron chi connectivity index (χ2n) is 6.47. The van der Waals surface area contributed by atoms with Crippen LogP contribution in [0.2, 0.25) is 10.0 Å².